The molecule has 0 radical (unpaired) electrons. The second-order valence-corrected chi connectivity index (χ2v) is 9.26. The van der Waals surface area contributed by atoms with Crippen molar-refractivity contribution in [3.8, 4) is 17.1 Å². The van der Waals surface area contributed by atoms with E-state index in [0.717, 1.165) is 16.9 Å². The van der Waals surface area contributed by atoms with E-state index in [1.807, 2.05) is 0 Å². The van der Waals surface area contributed by atoms with Crippen LogP contribution in [-0.2, 0) is 25.9 Å². The highest BCUT2D eigenvalue weighted by molar-refractivity contribution is 5.89. The zero-order chi connectivity index (χ0) is 29.5. The minimum Gasteiger partial charge on any atom is -0.477 e. The number of hydrogen-bond acceptors (Lipinski definition) is 6. The van der Waals surface area contributed by atoms with E-state index in [2.05, 4.69) is 30.9 Å². The maximum absolute atomic E-state index is 13.3. The van der Waals surface area contributed by atoms with E-state index in [-0.39, 0.29) is 35.8 Å². The normalized spacial score (nSPS) is 15.4. The molecule has 1 saturated carbocycles. The lowest BCUT2D eigenvalue weighted by atomic mass is 9.82. The molecule has 0 bridgehead atoms. The van der Waals surface area contributed by atoms with Gasteiger partial charge in [0, 0.05) is 43.8 Å². The Hall–Kier alpha value is -4.05. The second-order valence-electron chi connectivity index (χ2n) is 9.26. The number of anilines is 1. The quantitative estimate of drug-likeness (QED) is 0.365. The molecule has 2 N–H and O–H groups in total. The average Bonchev–Trinajstić information content (AvgIpc) is 3.21. The number of carbonyl (C=O) groups is 1. The van der Waals surface area contributed by atoms with Crippen LogP contribution in [0.5, 0.6) is 5.88 Å². The smallest absolute Gasteiger partial charge is 0.435 e. The molecule has 3 heterocycles. The summed E-state index contributed by atoms with van der Waals surface area (Å²) >= 11 is 0. The molecule has 0 aliphatic heterocycles. The minimum absolute atomic E-state index is 0.0664. The monoisotopic (exact) mass is 579 g/mol. The van der Waals surface area contributed by atoms with Crippen LogP contribution in [0.3, 0.4) is 0 Å². The van der Waals surface area contributed by atoms with Crippen molar-refractivity contribution < 1.29 is 44.7 Å². The van der Waals surface area contributed by atoms with E-state index in [1.165, 1.54) is 20.0 Å². The van der Waals surface area contributed by atoms with Gasteiger partial charge in [-0.05, 0) is 24.6 Å². The minimum atomic E-state index is -4.88. The van der Waals surface area contributed by atoms with E-state index < -0.39 is 60.3 Å². The van der Waals surface area contributed by atoms with E-state index in [0.29, 0.717) is 11.6 Å². The Bertz CT molecular complexity index is 1400. The van der Waals surface area contributed by atoms with Crippen LogP contribution in [0.25, 0.3) is 11.3 Å². The highest BCUT2D eigenvalue weighted by Gasteiger charge is 2.45. The molecule has 0 spiro atoms. The summed E-state index contributed by atoms with van der Waals surface area (Å²) in [5.41, 5.74) is -2.72. The van der Waals surface area contributed by atoms with Crippen molar-refractivity contribution in [2.75, 3.05) is 11.9 Å². The molecule has 1 fully saturated rings. The average molecular weight is 579 g/mol. The van der Waals surface area contributed by atoms with E-state index >= 15 is 0 Å². The molecule has 3 aromatic rings. The second kappa shape index (κ2) is 10.5. The van der Waals surface area contributed by atoms with Crippen molar-refractivity contribution in [2.45, 2.75) is 44.6 Å². The van der Waals surface area contributed by atoms with Crippen LogP contribution in [0.1, 0.15) is 35.5 Å². The van der Waals surface area contributed by atoms with Crippen LogP contribution in [0.2, 0.25) is 0 Å². The summed E-state index contributed by atoms with van der Waals surface area (Å²) in [4.78, 5) is 15.7. The molecule has 0 unspecified atom stereocenters. The molecule has 216 valence electrons. The molecular weight excluding hydrogens is 558 g/mol. The summed E-state index contributed by atoms with van der Waals surface area (Å²) in [7, 11) is 1.32. The highest BCUT2D eigenvalue weighted by Crippen LogP contribution is 2.42. The van der Waals surface area contributed by atoms with Crippen LogP contribution in [0.4, 0.5) is 45.6 Å². The molecule has 40 heavy (non-hydrogen) atoms. The largest absolute Gasteiger partial charge is 0.477 e. The van der Waals surface area contributed by atoms with Crippen LogP contribution in [-0.4, -0.2) is 43.5 Å². The first-order chi connectivity index (χ1) is 18.5. The number of ether oxygens (including phenoxy) is 1. The third-order valence-electron chi connectivity index (χ3n) is 5.81. The molecule has 4 rings (SSSR count). The molecule has 0 atom stereocenters. The van der Waals surface area contributed by atoms with Gasteiger partial charge in [-0.25, -0.2) is 18.6 Å². The summed E-state index contributed by atoms with van der Waals surface area (Å²) in [6.45, 7) is 0.950. The van der Waals surface area contributed by atoms with Crippen molar-refractivity contribution in [1.29, 1.82) is 0 Å². The number of nitrogens with one attached hydrogen (secondary N) is 2. The van der Waals surface area contributed by atoms with Gasteiger partial charge in [0.25, 0.3) is 0 Å². The number of aryl methyl sites for hydroxylation is 2. The SMILES string of the molecule is Cc1cc(CNC(=O)Nc2cc(OCC3CC(F)(F)C3)nc(C(F)(F)F)c2)nnc1-c1cn(C)nc1C(F)(F)F. The van der Waals surface area contributed by atoms with Crippen molar-refractivity contribution in [3.05, 3.63) is 47.0 Å². The van der Waals surface area contributed by atoms with Crippen LogP contribution in [0, 0.1) is 12.8 Å². The first-order valence-corrected chi connectivity index (χ1v) is 11.6. The number of hydrogen-bond donors (Lipinski definition) is 2. The van der Waals surface area contributed by atoms with Gasteiger partial charge in [0.05, 0.1) is 30.1 Å². The lowest BCUT2D eigenvalue weighted by Crippen LogP contribution is -2.38. The van der Waals surface area contributed by atoms with Crippen molar-refractivity contribution in [1.82, 2.24) is 30.3 Å². The predicted octanol–water partition coefficient (Wildman–Crippen LogP) is 5.36. The lowest BCUT2D eigenvalue weighted by Gasteiger charge is -2.34. The molecule has 1 aliphatic rings. The fraction of sp³-hybridized carbons (Fsp3) is 0.435. The maximum atomic E-state index is 13.3. The van der Waals surface area contributed by atoms with Gasteiger partial charge in [-0.3, -0.25) is 4.68 Å². The molecule has 0 saturated heterocycles. The number of aromatic nitrogens is 5. The number of urea groups is 1. The number of amides is 2. The van der Waals surface area contributed by atoms with Gasteiger partial charge >= 0.3 is 18.4 Å². The van der Waals surface area contributed by atoms with E-state index in [9.17, 15) is 39.9 Å². The van der Waals surface area contributed by atoms with Crippen molar-refractivity contribution in [3.63, 3.8) is 0 Å². The van der Waals surface area contributed by atoms with Crippen LogP contribution < -0.4 is 15.4 Å². The molecule has 3 aromatic heterocycles. The van der Waals surface area contributed by atoms with Gasteiger partial charge in [-0.15, -0.1) is 5.10 Å². The molecule has 17 heteroatoms. The van der Waals surface area contributed by atoms with Crippen molar-refractivity contribution >= 4 is 11.7 Å². The Labute approximate surface area is 220 Å². The first kappa shape index (κ1) is 28.9. The number of alkyl halides is 8. The fourth-order valence-corrected chi connectivity index (χ4v) is 4.01. The number of pyridine rings is 1. The Kier molecular flexibility index (Phi) is 7.60. The Morgan fingerprint density at radius 1 is 1.10 bits per heavy atom. The van der Waals surface area contributed by atoms with Gasteiger partial charge in [0.1, 0.15) is 0 Å². The highest BCUT2D eigenvalue weighted by atomic mass is 19.4. The Morgan fingerprint density at radius 3 is 2.40 bits per heavy atom. The van der Waals surface area contributed by atoms with E-state index in [1.54, 1.807) is 0 Å². The summed E-state index contributed by atoms with van der Waals surface area (Å²) in [5, 5.41) is 15.6. The van der Waals surface area contributed by atoms with Crippen LogP contribution >= 0.6 is 0 Å². The number of nitrogens with zero attached hydrogens (tertiary/aromatic N) is 5. The summed E-state index contributed by atoms with van der Waals surface area (Å²) in [6.07, 6.45) is -9.36. The zero-order valence-electron chi connectivity index (χ0n) is 20.8. The molecule has 1 aliphatic carbocycles. The summed E-state index contributed by atoms with van der Waals surface area (Å²) in [6, 6.07) is 2.02. The topological polar surface area (TPSA) is 107 Å². The fourth-order valence-electron chi connectivity index (χ4n) is 4.01. The predicted molar refractivity (Wildman–Crippen MR) is 122 cm³/mol. The lowest BCUT2D eigenvalue weighted by molar-refractivity contribution is -0.142. The molecule has 2 amide bonds. The molecular formula is C23H21F8N7O2. The van der Waals surface area contributed by atoms with Gasteiger partial charge in [-0.1, -0.05) is 0 Å². The Balaban J connectivity index is 1.41. The van der Waals surface area contributed by atoms with Crippen molar-refractivity contribution in [2.24, 2.45) is 13.0 Å². The first-order valence-electron chi connectivity index (χ1n) is 11.6. The maximum Gasteiger partial charge on any atom is 0.435 e. The Morgan fingerprint density at radius 2 is 1.80 bits per heavy atom. The van der Waals surface area contributed by atoms with E-state index in [4.69, 9.17) is 4.74 Å². The standard InChI is InChI=1S/C23H21F8N7O2/c1-11-3-14(35-36-18(11)15-9-38(2)37-19(15)23(29,30)31)8-32-20(39)33-13-4-16(22(26,27)28)34-17(5-13)40-10-12-6-21(24,25)7-12/h3-5,9,12H,6-8,10H2,1-2H3,(H2,32,33,34,39). The summed E-state index contributed by atoms with van der Waals surface area (Å²) < 4.78 is 112. The molecule has 0 aromatic carbocycles. The van der Waals surface area contributed by atoms with Gasteiger partial charge in [0.2, 0.25) is 11.8 Å². The van der Waals surface area contributed by atoms with Gasteiger partial charge < -0.3 is 15.4 Å². The third kappa shape index (κ3) is 6.93. The molecule has 9 nitrogen and oxygen atoms in total. The van der Waals surface area contributed by atoms with Gasteiger partial charge in [-0.2, -0.15) is 36.5 Å². The zero-order valence-corrected chi connectivity index (χ0v) is 20.8. The number of carbonyl (C=O) groups excluding carboxylic acids is 1. The number of halogens is 8. The summed E-state index contributed by atoms with van der Waals surface area (Å²) in [5.74, 6) is -3.88. The number of rotatable bonds is 7. The van der Waals surface area contributed by atoms with Crippen LogP contribution in [0.15, 0.2) is 24.4 Å². The van der Waals surface area contributed by atoms with Gasteiger partial charge in [0.15, 0.2) is 11.4 Å². The third-order valence-corrected chi connectivity index (χ3v) is 5.81.